The molecule has 80 valence electrons. The molecule has 0 aliphatic rings. The molecule has 0 bridgehead atoms. The van der Waals surface area contributed by atoms with E-state index in [-0.39, 0.29) is 0 Å². The summed E-state index contributed by atoms with van der Waals surface area (Å²) in [5, 5.41) is 3.44. The molecule has 0 aliphatic carbocycles. The number of nitrogens with one attached hydrogen (secondary N) is 1. The second-order valence-corrected chi connectivity index (χ2v) is 3.76. The van der Waals surface area contributed by atoms with Crippen molar-refractivity contribution in [3.8, 4) is 0 Å². The van der Waals surface area contributed by atoms with E-state index in [4.69, 9.17) is 0 Å². The van der Waals surface area contributed by atoms with Gasteiger partial charge in [-0.1, -0.05) is 20.3 Å². The largest absolute Gasteiger partial charge is 0.350 e. The number of aryl methyl sites for hydroxylation is 1. The molecule has 0 saturated carbocycles. The molecule has 1 N–H and O–H groups in total. The molecule has 14 heavy (non-hydrogen) atoms. The first-order valence-corrected chi connectivity index (χ1v) is 5.68. The van der Waals surface area contributed by atoms with Gasteiger partial charge in [0.1, 0.15) is 0 Å². The van der Waals surface area contributed by atoms with Gasteiger partial charge in [0, 0.05) is 24.5 Å². The first-order chi connectivity index (χ1) is 6.79. The predicted molar refractivity (Wildman–Crippen MR) is 61.4 cm³/mol. The van der Waals surface area contributed by atoms with E-state index in [2.05, 4.69) is 49.0 Å². The van der Waals surface area contributed by atoms with Gasteiger partial charge in [-0.25, -0.2) is 0 Å². The Bertz CT molecular complexity index is 253. The zero-order valence-corrected chi connectivity index (χ0v) is 9.59. The quantitative estimate of drug-likeness (QED) is 0.736. The average Bonchev–Trinajstić information content (AvgIpc) is 2.63. The lowest BCUT2D eigenvalue weighted by atomic mass is 10.2. The third-order valence-corrected chi connectivity index (χ3v) is 2.57. The molecule has 0 amide bonds. The fourth-order valence-corrected chi connectivity index (χ4v) is 1.76. The van der Waals surface area contributed by atoms with Crippen LogP contribution in [0.15, 0.2) is 18.3 Å². The second-order valence-electron chi connectivity index (χ2n) is 3.76. The average molecular weight is 194 g/mol. The van der Waals surface area contributed by atoms with Crippen molar-refractivity contribution in [3.63, 3.8) is 0 Å². The predicted octanol–water partition coefficient (Wildman–Crippen LogP) is 2.96. The Labute approximate surface area is 87.3 Å². The van der Waals surface area contributed by atoms with E-state index >= 15 is 0 Å². The molecule has 0 spiro atoms. The maximum absolute atomic E-state index is 3.44. The zero-order valence-electron chi connectivity index (χ0n) is 9.59. The summed E-state index contributed by atoms with van der Waals surface area (Å²) < 4.78 is 2.36. The van der Waals surface area contributed by atoms with E-state index in [0.717, 1.165) is 13.1 Å². The Hall–Kier alpha value is -0.760. The first-order valence-electron chi connectivity index (χ1n) is 5.68. The van der Waals surface area contributed by atoms with Crippen LogP contribution in [0.2, 0.25) is 0 Å². The zero-order chi connectivity index (χ0) is 10.4. The topological polar surface area (TPSA) is 17.0 Å². The molecule has 2 nitrogen and oxygen atoms in total. The van der Waals surface area contributed by atoms with Crippen molar-refractivity contribution in [2.45, 2.75) is 46.2 Å². The van der Waals surface area contributed by atoms with E-state index in [9.17, 15) is 0 Å². The highest BCUT2D eigenvalue weighted by Crippen LogP contribution is 2.13. The number of unbranched alkanes of at least 4 members (excludes halogenated alkanes) is 1. The number of hydrogen-bond acceptors (Lipinski definition) is 1. The molecule has 1 aromatic rings. The fourth-order valence-electron chi connectivity index (χ4n) is 1.76. The molecular weight excluding hydrogens is 172 g/mol. The van der Waals surface area contributed by atoms with E-state index in [0.29, 0.717) is 6.04 Å². The summed E-state index contributed by atoms with van der Waals surface area (Å²) in [4.78, 5) is 0. The van der Waals surface area contributed by atoms with Gasteiger partial charge in [-0.05, 0) is 32.0 Å². The van der Waals surface area contributed by atoms with Crippen LogP contribution in [0.3, 0.4) is 0 Å². The number of rotatable bonds is 6. The Morgan fingerprint density at radius 2 is 2.21 bits per heavy atom. The van der Waals surface area contributed by atoms with Gasteiger partial charge in [0.15, 0.2) is 0 Å². The van der Waals surface area contributed by atoms with Crippen LogP contribution < -0.4 is 5.32 Å². The molecule has 0 radical (unpaired) electrons. The second kappa shape index (κ2) is 5.86. The Morgan fingerprint density at radius 1 is 1.43 bits per heavy atom. The third-order valence-electron chi connectivity index (χ3n) is 2.57. The van der Waals surface area contributed by atoms with Crippen LogP contribution in [0.1, 0.15) is 45.3 Å². The van der Waals surface area contributed by atoms with Crippen LogP contribution in [-0.4, -0.2) is 11.1 Å². The Balaban J connectivity index is 2.61. The molecular formula is C12H22N2. The maximum Gasteiger partial charge on any atom is 0.0446 e. The van der Waals surface area contributed by atoms with Gasteiger partial charge in [-0.2, -0.15) is 0 Å². The van der Waals surface area contributed by atoms with Gasteiger partial charge in [-0.3, -0.25) is 0 Å². The van der Waals surface area contributed by atoms with Crippen LogP contribution in [0.25, 0.3) is 0 Å². The van der Waals surface area contributed by atoms with Gasteiger partial charge in [0.2, 0.25) is 0 Å². The molecule has 2 heteroatoms. The lowest BCUT2D eigenvalue weighted by Gasteiger charge is -2.15. The van der Waals surface area contributed by atoms with Crippen molar-refractivity contribution < 1.29 is 0 Å². The van der Waals surface area contributed by atoms with Gasteiger partial charge in [0.05, 0.1) is 0 Å². The number of nitrogens with zero attached hydrogens (tertiary/aromatic N) is 1. The normalized spacial score (nSPS) is 13.1. The summed E-state index contributed by atoms with van der Waals surface area (Å²) >= 11 is 0. The summed E-state index contributed by atoms with van der Waals surface area (Å²) in [6, 6.07) is 4.81. The van der Waals surface area contributed by atoms with Crippen LogP contribution in [-0.2, 0) is 6.54 Å². The standard InChI is InChI=1S/C12H22N2/c1-4-6-9-14-10-7-8-12(14)11(3)13-5-2/h7-8,10-11,13H,4-6,9H2,1-3H3. The van der Waals surface area contributed by atoms with Gasteiger partial charge < -0.3 is 9.88 Å². The van der Waals surface area contributed by atoms with Crippen molar-refractivity contribution in [1.82, 2.24) is 9.88 Å². The fraction of sp³-hybridized carbons (Fsp3) is 0.667. The summed E-state index contributed by atoms with van der Waals surface area (Å²) in [7, 11) is 0. The highest BCUT2D eigenvalue weighted by molar-refractivity contribution is 5.11. The minimum Gasteiger partial charge on any atom is -0.350 e. The van der Waals surface area contributed by atoms with E-state index in [1.807, 2.05) is 0 Å². The third kappa shape index (κ3) is 2.88. The van der Waals surface area contributed by atoms with Crippen molar-refractivity contribution in [2.24, 2.45) is 0 Å². The Kier molecular flexibility index (Phi) is 4.74. The first kappa shape index (κ1) is 11.3. The van der Waals surface area contributed by atoms with Crippen molar-refractivity contribution in [1.29, 1.82) is 0 Å². The Morgan fingerprint density at radius 3 is 2.86 bits per heavy atom. The van der Waals surface area contributed by atoms with Crippen molar-refractivity contribution in [3.05, 3.63) is 24.0 Å². The summed E-state index contributed by atoms with van der Waals surface area (Å²) in [5.74, 6) is 0. The molecule has 0 fully saturated rings. The van der Waals surface area contributed by atoms with Crippen molar-refractivity contribution >= 4 is 0 Å². The summed E-state index contributed by atoms with van der Waals surface area (Å²) in [6.45, 7) is 8.78. The molecule has 1 unspecified atom stereocenters. The van der Waals surface area contributed by atoms with Gasteiger partial charge >= 0.3 is 0 Å². The van der Waals surface area contributed by atoms with Crippen LogP contribution >= 0.6 is 0 Å². The lowest BCUT2D eigenvalue weighted by Crippen LogP contribution is -2.20. The molecule has 1 aromatic heterocycles. The molecule has 0 aromatic carbocycles. The van der Waals surface area contributed by atoms with Gasteiger partial charge in [-0.15, -0.1) is 0 Å². The minimum atomic E-state index is 0.465. The lowest BCUT2D eigenvalue weighted by molar-refractivity contribution is 0.527. The summed E-state index contributed by atoms with van der Waals surface area (Å²) in [5.41, 5.74) is 1.40. The highest BCUT2D eigenvalue weighted by Gasteiger charge is 2.07. The smallest absolute Gasteiger partial charge is 0.0446 e. The summed E-state index contributed by atoms with van der Waals surface area (Å²) in [6.07, 6.45) is 4.70. The van der Waals surface area contributed by atoms with E-state index in [1.54, 1.807) is 0 Å². The van der Waals surface area contributed by atoms with E-state index < -0.39 is 0 Å². The SMILES string of the molecule is CCCCn1cccc1C(C)NCC. The molecule has 0 saturated heterocycles. The molecule has 1 atom stereocenters. The maximum atomic E-state index is 3.44. The van der Waals surface area contributed by atoms with E-state index in [1.165, 1.54) is 18.5 Å². The van der Waals surface area contributed by atoms with Crippen LogP contribution in [0.4, 0.5) is 0 Å². The minimum absolute atomic E-state index is 0.465. The molecule has 0 aliphatic heterocycles. The highest BCUT2D eigenvalue weighted by atomic mass is 15.0. The number of aromatic nitrogens is 1. The number of hydrogen-bond donors (Lipinski definition) is 1. The van der Waals surface area contributed by atoms with Crippen LogP contribution in [0, 0.1) is 0 Å². The van der Waals surface area contributed by atoms with Gasteiger partial charge in [0.25, 0.3) is 0 Å². The van der Waals surface area contributed by atoms with Crippen LogP contribution in [0.5, 0.6) is 0 Å². The molecule has 1 heterocycles. The van der Waals surface area contributed by atoms with Crippen molar-refractivity contribution in [2.75, 3.05) is 6.54 Å². The monoisotopic (exact) mass is 194 g/mol. The molecule has 1 rings (SSSR count).